The second-order valence-electron chi connectivity index (χ2n) is 3.59. The molecule has 4 nitrogen and oxygen atoms in total. The van der Waals surface area contributed by atoms with E-state index >= 15 is 0 Å². The molecule has 1 fully saturated rings. The van der Waals surface area contributed by atoms with Gasteiger partial charge in [0.15, 0.2) is 0 Å². The fraction of sp³-hybridized carbons (Fsp3) is 0.800. The number of hydrogen-bond donors (Lipinski definition) is 0. The molecule has 14 heavy (non-hydrogen) atoms. The number of hydrogen-bond acceptors (Lipinski definition) is 3. The van der Waals surface area contributed by atoms with E-state index in [4.69, 9.17) is 4.74 Å². The van der Waals surface area contributed by atoms with Crippen LogP contribution in [0.1, 0.15) is 20.3 Å². The van der Waals surface area contributed by atoms with Crippen molar-refractivity contribution in [1.82, 2.24) is 4.90 Å². The van der Waals surface area contributed by atoms with Crippen LogP contribution in [-0.2, 0) is 14.3 Å². The maximum atomic E-state index is 11.5. The normalized spacial score (nSPS) is 22.6. The molecule has 0 aliphatic carbocycles. The van der Waals surface area contributed by atoms with E-state index in [1.165, 1.54) is 0 Å². The topological polar surface area (TPSA) is 46.6 Å². The van der Waals surface area contributed by atoms with Gasteiger partial charge in [0.25, 0.3) is 0 Å². The summed E-state index contributed by atoms with van der Waals surface area (Å²) in [6.45, 7) is 5.50. The first kappa shape index (κ1) is 11.2. The molecule has 1 aliphatic heterocycles. The number of carbonyl (C=O) groups is 2. The quantitative estimate of drug-likeness (QED) is 0.663. The van der Waals surface area contributed by atoms with Gasteiger partial charge in [0.05, 0.1) is 0 Å². The van der Waals surface area contributed by atoms with E-state index in [0.29, 0.717) is 26.1 Å². The number of likely N-dealkylation sites (tertiary alicyclic amines) is 1. The number of nitrogens with zero attached hydrogens (tertiary/aromatic N) is 1. The first-order valence-corrected chi connectivity index (χ1v) is 5.03. The molecular weight excluding hydrogens is 182 g/mol. The van der Waals surface area contributed by atoms with E-state index in [1.807, 2.05) is 13.8 Å². The van der Waals surface area contributed by atoms with Crippen LogP contribution in [0.4, 0.5) is 0 Å². The van der Waals surface area contributed by atoms with Crippen molar-refractivity contribution in [2.45, 2.75) is 20.3 Å². The minimum atomic E-state index is -0.0191. The average molecular weight is 199 g/mol. The van der Waals surface area contributed by atoms with Crippen molar-refractivity contribution in [3.05, 3.63) is 0 Å². The minimum absolute atomic E-state index is 0.00815. The van der Waals surface area contributed by atoms with Crippen molar-refractivity contribution in [3.8, 4) is 0 Å². The highest BCUT2D eigenvalue weighted by Crippen LogP contribution is 2.12. The number of ketones is 1. The zero-order valence-electron chi connectivity index (χ0n) is 8.78. The fourth-order valence-corrected chi connectivity index (χ4v) is 1.52. The molecule has 0 N–H and O–H groups in total. The largest absolute Gasteiger partial charge is 0.372 e. The van der Waals surface area contributed by atoms with E-state index in [2.05, 4.69) is 0 Å². The predicted molar refractivity (Wildman–Crippen MR) is 51.9 cm³/mol. The number of rotatable bonds is 3. The summed E-state index contributed by atoms with van der Waals surface area (Å²) in [5.74, 6) is 0.228. The third-order valence-corrected chi connectivity index (χ3v) is 2.45. The molecular formula is C10H17NO3. The molecule has 0 aromatic heterocycles. The average Bonchev–Trinajstić information content (AvgIpc) is 2.18. The van der Waals surface area contributed by atoms with Crippen LogP contribution in [0.25, 0.3) is 0 Å². The van der Waals surface area contributed by atoms with E-state index in [-0.39, 0.29) is 24.2 Å². The van der Waals surface area contributed by atoms with Crippen molar-refractivity contribution in [2.75, 3.05) is 26.3 Å². The van der Waals surface area contributed by atoms with Gasteiger partial charge in [-0.25, -0.2) is 0 Å². The van der Waals surface area contributed by atoms with Gasteiger partial charge in [0, 0.05) is 32.0 Å². The molecule has 0 aromatic rings. The molecule has 1 heterocycles. The molecule has 1 unspecified atom stereocenters. The number of Topliss-reactive ketones (excluding diaryl/α,β-unsaturated/α-hetero) is 1. The van der Waals surface area contributed by atoms with Crippen LogP contribution >= 0.6 is 0 Å². The summed E-state index contributed by atoms with van der Waals surface area (Å²) in [5, 5.41) is 0. The van der Waals surface area contributed by atoms with Crippen LogP contribution in [-0.4, -0.2) is 42.9 Å². The monoisotopic (exact) mass is 199 g/mol. The van der Waals surface area contributed by atoms with Crippen LogP contribution in [0.15, 0.2) is 0 Å². The van der Waals surface area contributed by atoms with Crippen molar-refractivity contribution >= 4 is 11.7 Å². The van der Waals surface area contributed by atoms with Gasteiger partial charge in [-0.1, -0.05) is 6.92 Å². The molecule has 0 saturated carbocycles. The van der Waals surface area contributed by atoms with Gasteiger partial charge < -0.3 is 9.64 Å². The lowest BCUT2D eigenvalue weighted by molar-refractivity contribution is -0.140. The highest BCUT2D eigenvalue weighted by atomic mass is 16.5. The van der Waals surface area contributed by atoms with Gasteiger partial charge in [0.1, 0.15) is 12.4 Å². The third kappa shape index (κ3) is 2.80. The summed E-state index contributed by atoms with van der Waals surface area (Å²) in [5.41, 5.74) is 0. The highest BCUT2D eigenvalue weighted by molar-refractivity contribution is 5.85. The second-order valence-corrected chi connectivity index (χ2v) is 3.59. The second kappa shape index (κ2) is 5.10. The number of carbonyl (C=O) groups excluding carboxylic acids is 2. The zero-order chi connectivity index (χ0) is 10.6. The van der Waals surface area contributed by atoms with Crippen LogP contribution in [0.2, 0.25) is 0 Å². The Labute approximate surface area is 84.2 Å². The van der Waals surface area contributed by atoms with Crippen LogP contribution in [0, 0.1) is 5.92 Å². The molecule has 1 aliphatic rings. The van der Waals surface area contributed by atoms with E-state index in [0.717, 1.165) is 0 Å². The molecule has 80 valence electrons. The lowest BCUT2D eigenvalue weighted by Crippen LogP contribution is -2.44. The summed E-state index contributed by atoms with van der Waals surface area (Å²) in [7, 11) is 0. The van der Waals surface area contributed by atoms with Gasteiger partial charge in [0.2, 0.25) is 5.91 Å². The summed E-state index contributed by atoms with van der Waals surface area (Å²) in [4.78, 5) is 24.4. The molecule has 1 rings (SSSR count). The van der Waals surface area contributed by atoms with Crippen molar-refractivity contribution in [2.24, 2.45) is 5.92 Å². The Morgan fingerprint density at radius 1 is 1.64 bits per heavy atom. The Kier molecular flexibility index (Phi) is 4.07. The lowest BCUT2D eigenvalue weighted by Gasteiger charge is -2.29. The predicted octanol–water partition coefficient (Wildman–Crippen LogP) is 0.460. The number of ether oxygens (including phenoxy) is 1. The smallest absolute Gasteiger partial charge is 0.248 e. The Hall–Kier alpha value is -0.900. The summed E-state index contributed by atoms with van der Waals surface area (Å²) >= 11 is 0. The van der Waals surface area contributed by atoms with Crippen molar-refractivity contribution in [3.63, 3.8) is 0 Å². The molecule has 4 heteroatoms. The first-order chi connectivity index (χ1) is 6.65. The Balaban J connectivity index is 2.38. The van der Waals surface area contributed by atoms with Crippen molar-refractivity contribution < 1.29 is 14.3 Å². The number of piperidine rings is 1. The molecule has 0 spiro atoms. The first-order valence-electron chi connectivity index (χ1n) is 5.03. The molecule has 1 saturated heterocycles. The zero-order valence-corrected chi connectivity index (χ0v) is 8.78. The van der Waals surface area contributed by atoms with E-state index < -0.39 is 0 Å². The maximum absolute atomic E-state index is 11.5. The summed E-state index contributed by atoms with van der Waals surface area (Å²) in [6, 6.07) is 0. The summed E-state index contributed by atoms with van der Waals surface area (Å²) < 4.78 is 5.03. The van der Waals surface area contributed by atoms with Crippen LogP contribution < -0.4 is 0 Å². The van der Waals surface area contributed by atoms with Crippen molar-refractivity contribution in [1.29, 1.82) is 0 Å². The van der Waals surface area contributed by atoms with Crippen LogP contribution in [0.3, 0.4) is 0 Å². The standard InChI is InChI=1S/C10H17NO3/c1-3-14-7-10(13)11-5-4-9(12)8(2)6-11/h8H,3-7H2,1-2H3. The van der Waals surface area contributed by atoms with E-state index in [9.17, 15) is 9.59 Å². The molecule has 0 radical (unpaired) electrons. The Morgan fingerprint density at radius 2 is 2.36 bits per heavy atom. The van der Waals surface area contributed by atoms with Gasteiger partial charge in [-0.2, -0.15) is 0 Å². The summed E-state index contributed by atoms with van der Waals surface area (Å²) in [6.07, 6.45) is 0.485. The van der Waals surface area contributed by atoms with Crippen LogP contribution in [0.5, 0.6) is 0 Å². The molecule has 1 amide bonds. The SMILES string of the molecule is CCOCC(=O)N1CCC(=O)C(C)C1. The molecule has 0 bridgehead atoms. The lowest BCUT2D eigenvalue weighted by atomic mass is 9.99. The Morgan fingerprint density at radius 3 is 2.93 bits per heavy atom. The Bertz CT molecular complexity index is 227. The molecule has 0 aromatic carbocycles. The third-order valence-electron chi connectivity index (χ3n) is 2.45. The van der Waals surface area contributed by atoms with E-state index in [1.54, 1.807) is 4.90 Å². The van der Waals surface area contributed by atoms with Gasteiger partial charge in [-0.05, 0) is 6.92 Å². The highest BCUT2D eigenvalue weighted by Gasteiger charge is 2.26. The minimum Gasteiger partial charge on any atom is -0.372 e. The fourth-order valence-electron chi connectivity index (χ4n) is 1.52. The van der Waals surface area contributed by atoms with Gasteiger partial charge >= 0.3 is 0 Å². The van der Waals surface area contributed by atoms with Gasteiger partial charge in [-0.15, -0.1) is 0 Å². The van der Waals surface area contributed by atoms with Gasteiger partial charge in [-0.3, -0.25) is 9.59 Å². The maximum Gasteiger partial charge on any atom is 0.248 e. The molecule has 1 atom stereocenters. The number of amides is 1.